The smallest absolute Gasteiger partial charge is 0.410 e. The van der Waals surface area contributed by atoms with Gasteiger partial charge in [-0.05, 0) is 0 Å². The molecule has 2 fully saturated rings. The standard InChI is InChI=1S/C14H16N4O3S/c1-16-8-14(21-13(16)20)2-3-18(9-14)11(19)6-10-7-17-4-5-22-12(17)15-10/h4-5,7H,2-3,6,8-9H2,1H3/t14-/m1/s1. The summed E-state index contributed by atoms with van der Waals surface area (Å²) in [4.78, 5) is 32.7. The van der Waals surface area contributed by atoms with E-state index in [1.54, 1.807) is 28.2 Å². The van der Waals surface area contributed by atoms with Crippen LogP contribution in [-0.4, -0.2) is 63.5 Å². The zero-order chi connectivity index (χ0) is 15.3. The Morgan fingerprint density at radius 1 is 1.50 bits per heavy atom. The lowest BCUT2D eigenvalue weighted by Crippen LogP contribution is -2.39. The Hall–Kier alpha value is -2.09. The van der Waals surface area contributed by atoms with Crippen molar-refractivity contribution < 1.29 is 14.3 Å². The fourth-order valence-corrected chi connectivity index (χ4v) is 3.91. The number of ether oxygens (including phenoxy) is 1. The highest BCUT2D eigenvalue weighted by Gasteiger charge is 2.49. The highest BCUT2D eigenvalue weighted by molar-refractivity contribution is 7.15. The molecule has 0 saturated carbocycles. The fraction of sp³-hybridized carbons (Fsp3) is 0.500. The molecule has 2 amide bonds. The molecule has 4 rings (SSSR count). The molecule has 1 atom stereocenters. The fourth-order valence-electron chi connectivity index (χ4n) is 3.19. The molecule has 2 aromatic heterocycles. The van der Waals surface area contributed by atoms with Crippen molar-refractivity contribution in [2.75, 3.05) is 26.7 Å². The predicted octanol–water partition coefficient (Wildman–Crippen LogP) is 0.991. The van der Waals surface area contributed by atoms with Gasteiger partial charge in [-0.3, -0.25) is 9.20 Å². The SMILES string of the molecule is CN1C[C@@]2(CCN(C(=O)Cc3cn4ccsc4n3)C2)OC1=O. The number of likely N-dealkylation sites (tertiary alicyclic amines) is 1. The highest BCUT2D eigenvalue weighted by atomic mass is 32.1. The third-order valence-electron chi connectivity index (χ3n) is 4.29. The molecule has 1 spiro atoms. The Kier molecular flexibility index (Phi) is 2.90. The molecular formula is C14H16N4O3S. The molecule has 0 aliphatic carbocycles. The number of thiazole rings is 1. The Morgan fingerprint density at radius 3 is 3.09 bits per heavy atom. The molecule has 22 heavy (non-hydrogen) atoms. The predicted molar refractivity (Wildman–Crippen MR) is 79.8 cm³/mol. The van der Waals surface area contributed by atoms with Gasteiger partial charge in [-0.15, -0.1) is 11.3 Å². The summed E-state index contributed by atoms with van der Waals surface area (Å²) in [6, 6.07) is 0. The first-order valence-corrected chi connectivity index (χ1v) is 8.06. The van der Waals surface area contributed by atoms with E-state index in [1.807, 2.05) is 22.2 Å². The summed E-state index contributed by atoms with van der Waals surface area (Å²) in [6.45, 7) is 1.65. The Labute approximate surface area is 131 Å². The summed E-state index contributed by atoms with van der Waals surface area (Å²) in [7, 11) is 1.72. The summed E-state index contributed by atoms with van der Waals surface area (Å²) in [6.07, 6.45) is 4.50. The van der Waals surface area contributed by atoms with E-state index in [1.165, 1.54) is 0 Å². The van der Waals surface area contributed by atoms with Crippen molar-refractivity contribution >= 4 is 28.3 Å². The number of likely N-dealkylation sites (N-methyl/N-ethyl adjacent to an activating group) is 1. The molecule has 0 bridgehead atoms. The van der Waals surface area contributed by atoms with Gasteiger partial charge in [0.1, 0.15) is 0 Å². The van der Waals surface area contributed by atoms with Crippen molar-refractivity contribution in [2.24, 2.45) is 0 Å². The topological polar surface area (TPSA) is 67.2 Å². The van der Waals surface area contributed by atoms with Crippen molar-refractivity contribution in [2.45, 2.75) is 18.4 Å². The minimum atomic E-state index is -0.518. The number of carbonyl (C=O) groups excluding carboxylic acids is 2. The van der Waals surface area contributed by atoms with E-state index >= 15 is 0 Å². The van der Waals surface area contributed by atoms with E-state index < -0.39 is 5.60 Å². The van der Waals surface area contributed by atoms with Crippen LogP contribution in [0.1, 0.15) is 12.1 Å². The first-order chi connectivity index (χ1) is 10.5. The van der Waals surface area contributed by atoms with Gasteiger partial charge in [0.05, 0.1) is 25.2 Å². The van der Waals surface area contributed by atoms with Gasteiger partial charge in [0.2, 0.25) is 5.91 Å². The summed E-state index contributed by atoms with van der Waals surface area (Å²) < 4.78 is 7.39. The van der Waals surface area contributed by atoms with Crippen LogP contribution in [0.4, 0.5) is 4.79 Å². The third kappa shape index (κ3) is 2.14. The summed E-state index contributed by atoms with van der Waals surface area (Å²) >= 11 is 1.55. The second-order valence-corrected chi connectivity index (χ2v) is 6.85. The van der Waals surface area contributed by atoms with Crippen LogP contribution in [-0.2, 0) is 16.0 Å². The molecule has 0 radical (unpaired) electrons. The van der Waals surface area contributed by atoms with Crippen molar-refractivity contribution in [3.05, 3.63) is 23.5 Å². The van der Waals surface area contributed by atoms with Gasteiger partial charge < -0.3 is 14.5 Å². The number of amides is 2. The number of fused-ring (bicyclic) bond motifs is 1. The van der Waals surface area contributed by atoms with E-state index in [0.717, 1.165) is 10.7 Å². The van der Waals surface area contributed by atoms with E-state index in [-0.39, 0.29) is 18.4 Å². The number of carbonyl (C=O) groups is 2. The van der Waals surface area contributed by atoms with Gasteiger partial charge in [0.15, 0.2) is 10.6 Å². The lowest BCUT2D eigenvalue weighted by atomic mass is 10.0. The largest absolute Gasteiger partial charge is 0.439 e. The van der Waals surface area contributed by atoms with E-state index in [9.17, 15) is 9.59 Å². The molecule has 8 heteroatoms. The van der Waals surface area contributed by atoms with Crippen LogP contribution < -0.4 is 0 Å². The molecule has 4 heterocycles. The third-order valence-corrected chi connectivity index (χ3v) is 5.06. The van der Waals surface area contributed by atoms with Gasteiger partial charge >= 0.3 is 6.09 Å². The van der Waals surface area contributed by atoms with Gasteiger partial charge in [0.25, 0.3) is 0 Å². The Bertz CT molecular complexity index is 726. The minimum Gasteiger partial charge on any atom is -0.439 e. The van der Waals surface area contributed by atoms with Gasteiger partial charge in [0, 0.05) is 37.8 Å². The second kappa shape index (κ2) is 4.70. The molecule has 0 unspecified atom stereocenters. The average Bonchev–Trinajstić information content (AvgIpc) is 3.17. The molecular weight excluding hydrogens is 304 g/mol. The van der Waals surface area contributed by atoms with Crippen LogP contribution in [0.3, 0.4) is 0 Å². The van der Waals surface area contributed by atoms with Gasteiger partial charge in [-0.25, -0.2) is 9.78 Å². The summed E-state index contributed by atoms with van der Waals surface area (Å²) in [5, 5.41) is 1.96. The number of rotatable bonds is 2. The zero-order valence-corrected chi connectivity index (χ0v) is 13.0. The molecule has 2 aliphatic rings. The highest BCUT2D eigenvalue weighted by Crippen LogP contribution is 2.32. The summed E-state index contributed by atoms with van der Waals surface area (Å²) in [5.74, 6) is 0.0354. The Balaban J connectivity index is 1.43. The monoisotopic (exact) mass is 320 g/mol. The van der Waals surface area contributed by atoms with Crippen molar-refractivity contribution in [3.8, 4) is 0 Å². The van der Waals surface area contributed by atoms with Crippen molar-refractivity contribution in [3.63, 3.8) is 0 Å². The van der Waals surface area contributed by atoms with Crippen LogP contribution in [0.2, 0.25) is 0 Å². The van der Waals surface area contributed by atoms with E-state index in [2.05, 4.69) is 4.98 Å². The zero-order valence-electron chi connectivity index (χ0n) is 12.2. The molecule has 0 aromatic carbocycles. The maximum atomic E-state index is 12.4. The second-order valence-electron chi connectivity index (χ2n) is 5.97. The van der Waals surface area contributed by atoms with Crippen LogP contribution in [0.15, 0.2) is 17.8 Å². The van der Waals surface area contributed by atoms with E-state index in [0.29, 0.717) is 26.1 Å². The number of aromatic nitrogens is 2. The number of hydrogen-bond donors (Lipinski definition) is 0. The van der Waals surface area contributed by atoms with Crippen LogP contribution in [0.25, 0.3) is 4.96 Å². The van der Waals surface area contributed by atoms with Crippen molar-refractivity contribution in [1.29, 1.82) is 0 Å². The first-order valence-electron chi connectivity index (χ1n) is 7.18. The van der Waals surface area contributed by atoms with Gasteiger partial charge in [-0.1, -0.05) is 0 Å². The Morgan fingerprint density at radius 2 is 2.36 bits per heavy atom. The lowest BCUT2D eigenvalue weighted by Gasteiger charge is -2.21. The molecule has 2 aromatic rings. The maximum absolute atomic E-state index is 12.4. The number of imidazole rings is 1. The molecule has 116 valence electrons. The maximum Gasteiger partial charge on any atom is 0.410 e. The number of nitrogens with zero attached hydrogens (tertiary/aromatic N) is 4. The molecule has 7 nitrogen and oxygen atoms in total. The van der Waals surface area contributed by atoms with E-state index in [4.69, 9.17) is 4.74 Å². The molecule has 2 aliphatic heterocycles. The van der Waals surface area contributed by atoms with Crippen LogP contribution in [0, 0.1) is 0 Å². The van der Waals surface area contributed by atoms with Crippen LogP contribution >= 0.6 is 11.3 Å². The minimum absolute atomic E-state index is 0.0354. The lowest BCUT2D eigenvalue weighted by molar-refractivity contribution is -0.130. The first kappa shape index (κ1) is 13.6. The quantitative estimate of drug-likeness (QED) is 0.828. The number of hydrogen-bond acceptors (Lipinski definition) is 5. The molecule has 0 N–H and O–H groups in total. The van der Waals surface area contributed by atoms with Crippen LogP contribution in [0.5, 0.6) is 0 Å². The normalized spacial score (nSPS) is 24.7. The molecule has 2 saturated heterocycles. The van der Waals surface area contributed by atoms with Gasteiger partial charge in [-0.2, -0.15) is 0 Å². The average molecular weight is 320 g/mol. The van der Waals surface area contributed by atoms with Crippen molar-refractivity contribution in [1.82, 2.24) is 19.2 Å². The summed E-state index contributed by atoms with van der Waals surface area (Å²) in [5.41, 5.74) is 0.258.